The number of nitrogens with zero attached hydrogens (tertiary/aromatic N) is 3. The van der Waals surface area contributed by atoms with Crippen molar-refractivity contribution in [1.29, 1.82) is 0 Å². The Balaban J connectivity index is 1.63. The minimum absolute atomic E-state index is 0.0836. The molecule has 1 aromatic heterocycles. The minimum atomic E-state index is -3.22. The van der Waals surface area contributed by atoms with Crippen LogP contribution in [-0.4, -0.2) is 35.6 Å². The SMILES string of the molecule is O=S(=O)(Cc1ccccc1)N1CCC(n2cccn2)CC1. The molecule has 0 amide bonds. The van der Waals surface area contributed by atoms with Gasteiger partial charge in [0, 0.05) is 25.5 Å². The number of hydrogen-bond acceptors (Lipinski definition) is 3. The van der Waals surface area contributed by atoms with Crippen molar-refractivity contribution in [3.05, 3.63) is 54.4 Å². The van der Waals surface area contributed by atoms with Crippen molar-refractivity contribution in [2.75, 3.05) is 13.1 Å². The van der Waals surface area contributed by atoms with Crippen molar-refractivity contribution in [2.45, 2.75) is 24.6 Å². The smallest absolute Gasteiger partial charge is 0.218 e. The van der Waals surface area contributed by atoms with Crippen LogP contribution in [0.2, 0.25) is 0 Å². The van der Waals surface area contributed by atoms with Gasteiger partial charge in [-0.2, -0.15) is 5.10 Å². The van der Waals surface area contributed by atoms with Gasteiger partial charge in [0.1, 0.15) is 0 Å². The second-order valence-electron chi connectivity index (χ2n) is 5.36. The molecule has 0 unspecified atom stereocenters. The van der Waals surface area contributed by atoms with E-state index in [2.05, 4.69) is 5.10 Å². The van der Waals surface area contributed by atoms with Crippen LogP contribution in [0.5, 0.6) is 0 Å². The lowest BCUT2D eigenvalue weighted by Gasteiger charge is -2.31. The number of piperidine rings is 1. The summed E-state index contributed by atoms with van der Waals surface area (Å²) in [7, 11) is -3.22. The van der Waals surface area contributed by atoms with Gasteiger partial charge < -0.3 is 0 Å². The van der Waals surface area contributed by atoms with E-state index in [9.17, 15) is 8.42 Å². The fraction of sp³-hybridized carbons (Fsp3) is 0.400. The topological polar surface area (TPSA) is 55.2 Å². The van der Waals surface area contributed by atoms with Gasteiger partial charge in [-0.3, -0.25) is 4.68 Å². The first kappa shape index (κ1) is 14.3. The molecule has 0 radical (unpaired) electrons. The summed E-state index contributed by atoms with van der Waals surface area (Å²) in [6.45, 7) is 1.14. The predicted octanol–water partition coefficient (Wildman–Crippen LogP) is 2.05. The Morgan fingerprint density at radius 2 is 1.81 bits per heavy atom. The summed E-state index contributed by atoms with van der Waals surface area (Å²) in [4.78, 5) is 0. The lowest BCUT2D eigenvalue weighted by molar-refractivity contribution is 0.261. The molecule has 0 saturated carbocycles. The van der Waals surface area contributed by atoms with E-state index < -0.39 is 10.0 Å². The summed E-state index contributed by atoms with van der Waals surface area (Å²) in [6, 6.07) is 11.6. The molecule has 21 heavy (non-hydrogen) atoms. The van der Waals surface area contributed by atoms with Crippen LogP contribution in [0.3, 0.4) is 0 Å². The van der Waals surface area contributed by atoms with Crippen LogP contribution >= 0.6 is 0 Å². The van der Waals surface area contributed by atoms with Crippen LogP contribution < -0.4 is 0 Å². The number of rotatable bonds is 4. The zero-order valence-corrected chi connectivity index (χ0v) is 12.6. The first-order chi connectivity index (χ1) is 10.1. The van der Waals surface area contributed by atoms with Gasteiger partial charge in [-0.1, -0.05) is 30.3 Å². The third-order valence-corrected chi connectivity index (χ3v) is 5.76. The Kier molecular flexibility index (Phi) is 4.07. The van der Waals surface area contributed by atoms with Crippen molar-refractivity contribution in [3.8, 4) is 0 Å². The normalized spacial score (nSPS) is 17.9. The molecule has 2 aromatic rings. The Morgan fingerprint density at radius 3 is 2.43 bits per heavy atom. The largest absolute Gasteiger partial charge is 0.270 e. The number of benzene rings is 1. The van der Waals surface area contributed by atoms with Crippen LogP contribution in [0.25, 0.3) is 0 Å². The molecule has 112 valence electrons. The van der Waals surface area contributed by atoms with E-state index in [1.54, 1.807) is 10.5 Å². The fourth-order valence-electron chi connectivity index (χ4n) is 2.76. The average Bonchev–Trinajstić information content (AvgIpc) is 3.02. The molecule has 0 bridgehead atoms. The Morgan fingerprint density at radius 1 is 1.10 bits per heavy atom. The van der Waals surface area contributed by atoms with E-state index in [0.29, 0.717) is 19.1 Å². The van der Waals surface area contributed by atoms with Crippen LogP contribution in [0, 0.1) is 0 Å². The van der Waals surface area contributed by atoms with Gasteiger partial charge in [0.25, 0.3) is 0 Å². The molecule has 3 rings (SSSR count). The van der Waals surface area contributed by atoms with E-state index in [1.807, 2.05) is 47.3 Å². The molecule has 5 nitrogen and oxygen atoms in total. The maximum absolute atomic E-state index is 12.5. The highest BCUT2D eigenvalue weighted by molar-refractivity contribution is 7.88. The van der Waals surface area contributed by atoms with E-state index in [0.717, 1.165) is 18.4 Å². The lowest BCUT2D eigenvalue weighted by Crippen LogP contribution is -2.39. The summed E-state index contributed by atoms with van der Waals surface area (Å²) in [5, 5.41) is 4.24. The van der Waals surface area contributed by atoms with Crippen LogP contribution in [-0.2, 0) is 15.8 Å². The lowest BCUT2D eigenvalue weighted by atomic mass is 10.1. The molecule has 2 heterocycles. The molecule has 1 saturated heterocycles. The summed E-state index contributed by atoms with van der Waals surface area (Å²) in [5.74, 6) is 0.0836. The van der Waals surface area contributed by atoms with Crippen LogP contribution in [0.1, 0.15) is 24.4 Å². The van der Waals surface area contributed by atoms with Crippen LogP contribution in [0.4, 0.5) is 0 Å². The maximum atomic E-state index is 12.5. The molecular formula is C15H19N3O2S. The van der Waals surface area contributed by atoms with Crippen molar-refractivity contribution >= 4 is 10.0 Å². The van der Waals surface area contributed by atoms with Crippen molar-refractivity contribution < 1.29 is 8.42 Å². The van der Waals surface area contributed by atoms with Crippen molar-refractivity contribution in [3.63, 3.8) is 0 Å². The third-order valence-electron chi connectivity index (χ3n) is 3.91. The second kappa shape index (κ2) is 5.99. The van der Waals surface area contributed by atoms with Gasteiger partial charge in [-0.15, -0.1) is 0 Å². The van der Waals surface area contributed by atoms with Gasteiger partial charge in [0.05, 0.1) is 11.8 Å². The quantitative estimate of drug-likeness (QED) is 0.868. The summed E-state index contributed by atoms with van der Waals surface area (Å²) >= 11 is 0. The van der Waals surface area contributed by atoms with Gasteiger partial charge >= 0.3 is 0 Å². The maximum Gasteiger partial charge on any atom is 0.218 e. The highest BCUT2D eigenvalue weighted by atomic mass is 32.2. The van der Waals surface area contributed by atoms with Crippen molar-refractivity contribution in [2.24, 2.45) is 0 Å². The molecule has 1 aliphatic heterocycles. The predicted molar refractivity (Wildman–Crippen MR) is 81.1 cm³/mol. The van der Waals surface area contributed by atoms with E-state index in [4.69, 9.17) is 0 Å². The number of hydrogen-bond donors (Lipinski definition) is 0. The molecule has 0 aliphatic carbocycles. The average molecular weight is 305 g/mol. The number of aromatic nitrogens is 2. The Hall–Kier alpha value is -1.66. The molecule has 0 N–H and O–H groups in total. The standard InChI is InChI=1S/C15H19N3O2S/c19-21(20,13-14-5-2-1-3-6-14)17-11-7-15(8-12-17)18-10-4-9-16-18/h1-6,9-10,15H,7-8,11-13H2. The molecule has 6 heteroatoms. The molecule has 1 aromatic carbocycles. The van der Waals surface area contributed by atoms with E-state index >= 15 is 0 Å². The molecule has 0 atom stereocenters. The summed E-state index contributed by atoms with van der Waals surface area (Å²) in [5.41, 5.74) is 0.840. The number of sulfonamides is 1. The molecular weight excluding hydrogens is 286 g/mol. The Labute approximate surface area is 125 Å². The van der Waals surface area contributed by atoms with E-state index in [-0.39, 0.29) is 5.75 Å². The van der Waals surface area contributed by atoms with Gasteiger partial charge in [-0.25, -0.2) is 12.7 Å². The molecule has 0 spiro atoms. The first-order valence-electron chi connectivity index (χ1n) is 7.16. The highest BCUT2D eigenvalue weighted by Gasteiger charge is 2.28. The minimum Gasteiger partial charge on any atom is -0.270 e. The van der Waals surface area contributed by atoms with Crippen LogP contribution in [0.15, 0.2) is 48.8 Å². The highest BCUT2D eigenvalue weighted by Crippen LogP contribution is 2.24. The van der Waals surface area contributed by atoms with Crippen molar-refractivity contribution in [1.82, 2.24) is 14.1 Å². The molecule has 1 fully saturated rings. The van der Waals surface area contributed by atoms with Gasteiger partial charge in [-0.05, 0) is 24.5 Å². The molecule has 1 aliphatic rings. The summed E-state index contributed by atoms with van der Waals surface area (Å²) < 4.78 is 28.4. The first-order valence-corrected chi connectivity index (χ1v) is 8.77. The third kappa shape index (κ3) is 3.33. The van der Waals surface area contributed by atoms with Gasteiger partial charge in [0.15, 0.2) is 0 Å². The zero-order chi connectivity index (χ0) is 14.7. The summed E-state index contributed by atoms with van der Waals surface area (Å²) in [6.07, 6.45) is 5.34. The Bertz CT molecular complexity index is 660. The van der Waals surface area contributed by atoms with Gasteiger partial charge in [0.2, 0.25) is 10.0 Å². The fourth-order valence-corrected chi connectivity index (χ4v) is 4.32. The second-order valence-corrected chi connectivity index (χ2v) is 7.33. The zero-order valence-electron chi connectivity index (χ0n) is 11.8. The monoisotopic (exact) mass is 305 g/mol. The van der Waals surface area contributed by atoms with E-state index in [1.165, 1.54) is 0 Å².